The number of nitrogens with one attached hydrogen (secondary N) is 1. The first-order chi connectivity index (χ1) is 15.5. The van der Waals surface area contributed by atoms with Gasteiger partial charge in [-0.3, -0.25) is 0 Å². The highest BCUT2D eigenvalue weighted by atomic mass is 32.2. The number of nitrogens with two attached hydrogens (primary N) is 1. The first kappa shape index (κ1) is 26.0. The molecule has 0 aliphatic carbocycles. The predicted octanol–water partition coefficient (Wildman–Crippen LogP) is 3.26. The third-order valence-electron chi connectivity index (χ3n) is 4.29. The molecule has 0 aliphatic heterocycles. The summed E-state index contributed by atoms with van der Waals surface area (Å²) in [5.74, 6) is -1.15. The standard InChI is InChI=1S/C12H9FN2O2.C11H18N2O2S/c1-7-10(12(16)17)6-14-11(15-7)8-3-2-4-9(13)5-8;1-9(2)13-16(14,15)8-11-5-3-4-10(6-11)7-12/h2-6H,1H3,(H,16,17);3-6,9,13H,7-8,12H2,1-2H3. The Labute approximate surface area is 192 Å². The number of carboxylic acid groups (broad SMARTS) is 1. The minimum absolute atomic E-state index is 0.000972. The van der Waals surface area contributed by atoms with Crippen LogP contribution in [0.4, 0.5) is 4.39 Å². The molecule has 8 nitrogen and oxygen atoms in total. The zero-order chi connectivity index (χ0) is 24.6. The highest BCUT2D eigenvalue weighted by Gasteiger charge is 2.13. The number of carbonyl (C=O) groups is 1. The van der Waals surface area contributed by atoms with Gasteiger partial charge in [0.05, 0.1) is 17.0 Å². The summed E-state index contributed by atoms with van der Waals surface area (Å²) >= 11 is 0. The number of nitrogens with zero attached hydrogens (tertiary/aromatic N) is 2. The van der Waals surface area contributed by atoms with Crippen molar-refractivity contribution in [2.45, 2.75) is 39.1 Å². The van der Waals surface area contributed by atoms with Gasteiger partial charge in [-0.05, 0) is 44.0 Å². The molecule has 0 bridgehead atoms. The van der Waals surface area contributed by atoms with E-state index < -0.39 is 16.0 Å². The summed E-state index contributed by atoms with van der Waals surface area (Å²) in [7, 11) is -3.25. The van der Waals surface area contributed by atoms with Crippen LogP contribution in [-0.2, 0) is 22.3 Å². The van der Waals surface area contributed by atoms with Crippen molar-refractivity contribution in [3.63, 3.8) is 0 Å². The van der Waals surface area contributed by atoms with Crippen molar-refractivity contribution in [1.29, 1.82) is 0 Å². The predicted molar refractivity (Wildman–Crippen MR) is 124 cm³/mol. The van der Waals surface area contributed by atoms with Crippen molar-refractivity contribution in [3.05, 3.63) is 82.9 Å². The van der Waals surface area contributed by atoms with Gasteiger partial charge in [-0.25, -0.2) is 32.3 Å². The second-order valence-electron chi connectivity index (χ2n) is 7.56. The van der Waals surface area contributed by atoms with E-state index in [4.69, 9.17) is 10.8 Å². The van der Waals surface area contributed by atoms with Gasteiger partial charge < -0.3 is 10.8 Å². The van der Waals surface area contributed by atoms with E-state index in [0.29, 0.717) is 23.6 Å². The van der Waals surface area contributed by atoms with Gasteiger partial charge >= 0.3 is 5.97 Å². The topological polar surface area (TPSA) is 135 Å². The number of benzene rings is 2. The minimum atomic E-state index is -3.25. The SMILES string of the molecule is CC(C)NS(=O)(=O)Cc1cccc(CN)c1.Cc1nc(-c2cccc(F)c2)ncc1C(=O)O. The molecule has 33 heavy (non-hydrogen) atoms. The van der Waals surface area contributed by atoms with Crippen LogP contribution in [0.5, 0.6) is 0 Å². The molecule has 0 saturated heterocycles. The fourth-order valence-electron chi connectivity index (χ4n) is 2.91. The van der Waals surface area contributed by atoms with Crippen LogP contribution in [0.1, 0.15) is 41.0 Å². The smallest absolute Gasteiger partial charge is 0.339 e. The van der Waals surface area contributed by atoms with Crippen LogP contribution in [0.2, 0.25) is 0 Å². The molecule has 0 unspecified atom stereocenters. The molecule has 0 amide bonds. The number of aromatic carboxylic acids is 1. The number of rotatable bonds is 7. The maximum absolute atomic E-state index is 13.0. The molecule has 0 radical (unpaired) electrons. The second kappa shape index (κ2) is 11.6. The van der Waals surface area contributed by atoms with Crippen LogP contribution in [0.15, 0.2) is 54.7 Å². The molecular formula is C23H27FN4O4S. The Morgan fingerprint density at radius 3 is 2.39 bits per heavy atom. The number of halogens is 1. The summed E-state index contributed by atoms with van der Waals surface area (Å²) in [6, 6.07) is 13.1. The molecule has 0 atom stereocenters. The number of sulfonamides is 1. The van der Waals surface area contributed by atoms with Crippen LogP contribution in [-0.4, -0.2) is 35.5 Å². The van der Waals surface area contributed by atoms with Gasteiger partial charge in [0.2, 0.25) is 10.0 Å². The van der Waals surface area contributed by atoms with Gasteiger partial charge in [0, 0.05) is 24.3 Å². The molecule has 2 aromatic carbocycles. The molecule has 0 saturated carbocycles. The summed E-state index contributed by atoms with van der Waals surface area (Å²) in [4.78, 5) is 18.7. The molecule has 0 aliphatic rings. The monoisotopic (exact) mass is 474 g/mol. The van der Waals surface area contributed by atoms with E-state index in [2.05, 4.69) is 14.7 Å². The Hall–Kier alpha value is -3.21. The van der Waals surface area contributed by atoms with Gasteiger partial charge in [0.15, 0.2) is 5.82 Å². The minimum Gasteiger partial charge on any atom is -0.478 e. The lowest BCUT2D eigenvalue weighted by atomic mass is 10.1. The average Bonchev–Trinajstić information content (AvgIpc) is 2.72. The van der Waals surface area contributed by atoms with Gasteiger partial charge in [-0.1, -0.05) is 36.4 Å². The van der Waals surface area contributed by atoms with E-state index in [-0.39, 0.29) is 23.2 Å². The number of hydrogen-bond acceptors (Lipinski definition) is 6. The number of aryl methyl sites for hydroxylation is 1. The zero-order valence-corrected chi connectivity index (χ0v) is 19.4. The molecule has 3 aromatic rings. The number of carboxylic acids is 1. The molecule has 1 aromatic heterocycles. The maximum atomic E-state index is 13.0. The third-order valence-corrected chi connectivity index (χ3v) is 5.84. The van der Waals surface area contributed by atoms with Crippen LogP contribution in [0.25, 0.3) is 11.4 Å². The first-order valence-corrected chi connectivity index (χ1v) is 11.8. The van der Waals surface area contributed by atoms with Crippen molar-refractivity contribution < 1.29 is 22.7 Å². The summed E-state index contributed by atoms with van der Waals surface area (Å²) < 4.78 is 38.9. The van der Waals surface area contributed by atoms with E-state index in [1.165, 1.54) is 18.3 Å². The van der Waals surface area contributed by atoms with E-state index in [9.17, 15) is 17.6 Å². The van der Waals surface area contributed by atoms with Gasteiger partial charge in [0.25, 0.3) is 0 Å². The summed E-state index contributed by atoms with van der Waals surface area (Å²) in [6.45, 7) is 5.60. The number of hydrogen-bond donors (Lipinski definition) is 3. The van der Waals surface area contributed by atoms with Crippen LogP contribution < -0.4 is 10.5 Å². The van der Waals surface area contributed by atoms with Crippen LogP contribution in [0, 0.1) is 12.7 Å². The molecular weight excluding hydrogens is 447 g/mol. The van der Waals surface area contributed by atoms with E-state index >= 15 is 0 Å². The highest BCUT2D eigenvalue weighted by Crippen LogP contribution is 2.17. The molecule has 0 spiro atoms. The lowest BCUT2D eigenvalue weighted by molar-refractivity contribution is 0.0695. The molecule has 0 fully saturated rings. The van der Waals surface area contributed by atoms with Gasteiger partial charge in [0.1, 0.15) is 5.82 Å². The third kappa shape index (κ3) is 8.33. The van der Waals surface area contributed by atoms with Crippen molar-refractivity contribution in [3.8, 4) is 11.4 Å². The molecule has 1 heterocycles. The quantitative estimate of drug-likeness (QED) is 0.478. The van der Waals surface area contributed by atoms with Crippen LogP contribution >= 0.6 is 0 Å². The summed E-state index contributed by atoms with van der Waals surface area (Å²) in [6.07, 6.45) is 1.23. The van der Waals surface area contributed by atoms with Crippen molar-refractivity contribution in [1.82, 2.24) is 14.7 Å². The van der Waals surface area contributed by atoms with Crippen molar-refractivity contribution in [2.75, 3.05) is 0 Å². The molecule has 176 valence electrons. The number of aromatic nitrogens is 2. The lowest BCUT2D eigenvalue weighted by Gasteiger charge is -2.09. The lowest BCUT2D eigenvalue weighted by Crippen LogP contribution is -2.31. The van der Waals surface area contributed by atoms with Gasteiger partial charge in [-0.2, -0.15) is 0 Å². The molecule has 3 rings (SSSR count). The Kier molecular flexibility index (Phi) is 9.15. The van der Waals surface area contributed by atoms with E-state index in [1.807, 2.05) is 18.2 Å². The second-order valence-corrected chi connectivity index (χ2v) is 9.32. The Morgan fingerprint density at radius 1 is 1.15 bits per heavy atom. The van der Waals surface area contributed by atoms with E-state index in [0.717, 1.165) is 11.1 Å². The Morgan fingerprint density at radius 2 is 1.82 bits per heavy atom. The largest absolute Gasteiger partial charge is 0.478 e. The Balaban J connectivity index is 0.000000234. The normalized spacial score (nSPS) is 11.1. The molecule has 4 N–H and O–H groups in total. The summed E-state index contributed by atoms with van der Waals surface area (Å²) in [5.41, 5.74) is 8.12. The first-order valence-electron chi connectivity index (χ1n) is 10.1. The fraction of sp³-hybridized carbons (Fsp3) is 0.261. The van der Waals surface area contributed by atoms with Crippen molar-refractivity contribution >= 4 is 16.0 Å². The highest BCUT2D eigenvalue weighted by molar-refractivity contribution is 7.88. The maximum Gasteiger partial charge on any atom is 0.339 e. The fourth-order valence-corrected chi connectivity index (χ4v) is 4.33. The Bertz CT molecular complexity index is 1220. The zero-order valence-electron chi connectivity index (χ0n) is 18.6. The van der Waals surface area contributed by atoms with Gasteiger partial charge in [-0.15, -0.1) is 0 Å². The van der Waals surface area contributed by atoms with E-state index in [1.54, 1.807) is 39.0 Å². The summed E-state index contributed by atoms with van der Waals surface area (Å²) in [5, 5.41) is 8.83. The molecule has 10 heteroatoms. The van der Waals surface area contributed by atoms with Crippen molar-refractivity contribution in [2.24, 2.45) is 5.73 Å². The average molecular weight is 475 g/mol. The van der Waals surface area contributed by atoms with Crippen LogP contribution in [0.3, 0.4) is 0 Å².